The molecule has 7 N–H and O–H groups in total. The topological polar surface area (TPSA) is 166 Å². The van der Waals surface area contributed by atoms with Crippen LogP contribution >= 0.6 is 0 Å². The van der Waals surface area contributed by atoms with Gasteiger partial charge in [0.2, 0.25) is 17.7 Å². The zero-order valence-electron chi connectivity index (χ0n) is 25.5. The highest BCUT2D eigenvalue weighted by Gasteiger charge is 2.31. The molecule has 1 aromatic heterocycles. The average molecular weight is 612 g/mol. The molecule has 0 aliphatic heterocycles. The molecule has 0 saturated heterocycles. The number of aromatic nitrogens is 1. The highest BCUT2D eigenvalue weighted by atomic mass is 16.4. The van der Waals surface area contributed by atoms with Crippen LogP contribution in [0.15, 0.2) is 91.1 Å². The Bertz CT molecular complexity index is 1590. The molecule has 0 bridgehead atoms. The van der Waals surface area contributed by atoms with Crippen LogP contribution in [0.1, 0.15) is 37.0 Å². The van der Waals surface area contributed by atoms with Crippen molar-refractivity contribution in [1.82, 2.24) is 20.9 Å². The summed E-state index contributed by atoms with van der Waals surface area (Å²) in [4.78, 5) is 56.0. The number of nitrogens with one attached hydrogen (secondary N) is 4. The lowest BCUT2D eigenvalue weighted by Gasteiger charge is -2.26. The summed E-state index contributed by atoms with van der Waals surface area (Å²) in [6.07, 6.45) is 2.74. The lowest BCUT2D eigenvalue weighted by Crippen LogP contribution is -2.58. The van der Waals surface area contributed by atoms with Crippen LogP contribution in [-0.4, -0.2) is 57.9 Å². The minimum absolute atomic E-state index is 0.0390. The van der Waals surface area contributed by atoms with E-state index in [9.17, 15) is 24.3 Å². The van der Waals surface area contributed by atoms with E-state index in [0.717, 1.165) is 27.6 Å². The normalized spacial score (nSPS) is 14.5. The predicted octanol–water partition coefficient (Wildman–Crippen LogP) is 3.11. The second-order valence-corrected chi connectivity index (χ2v) is 11.4. The van der Waals surface area contributed by atoms with Crippen molar-refractivity contribution >= 4 is 34.6 Å². The molecular weight excluding hydrogens is 570 g/mol. The first-order valence-electron chi connectivity index (χ1n) is 15.2. The van der Waals surface area contributed by atoms with Crippen LogP contribution in [0.2, 0.25) is 0 Å². The van der Waals surface area contributed by atoms with Crippen LogP contribution in [0.3, 0.4) is 0 Å². The highest BCUT2D eigenvalue weighted by Crippen LogP contribution is 2.19. The van der Waals surface area contributed by atoms with Gasteiger partial charge in [0.05, 0.1) is 6.04 Å². The summed E-state index contributed by atoms with van der Waals surface area (Å²) in [5, 5.41) is 19.1. The molecular formula is C35H41N5O5. The van der Waals surface area contributed by atoms with Crippen molar-refractivity contribution < 1.29 is 24.3 Å². The standard InChI is InChI=1S/C35H41N5O5/c1-3-22(2)31(36)34(43)39-29(19-24-14-8-5-9-15-24)32(41)38-28(18-23-12-6-4-7-13-23)33(42)40-30(35(44)45)20-25-21-37-27-17-11-10-16-26(25)27/h4-17,21-22,28-31,37H,3,18-20,36H2,1-2H3,(H,38,41)(H,39,43)(H,40,42)(H,44,45). The van der Waals surface area contributed by atoms with Crippen molar-refractivity contribution in [3.8, 4) is 0 Å². The molecule has 0 spiro atoms. The number of aromatic amines is 1. The molecule has 5 unspecified atom stereocenters. The number of carbonyl (C=O) groups is 4. The molecule has 10 nitrogen and oxygen atoms in total. The largest absolute Gasteiger partial charge is 0.480 e. The van der Waals surface area contributed by atoms with Gasteiger partial charge in [-0.25, -0.2) is 4.79 Å². The monoisotopic (exact) mass is 611 g/mol. The Kier molecular flexibility index (Phi) is 11.5. The first-order valence-corrected chi connectivity index (χ1v) is 15.2. The number of carbonyl (C=O) groups excluding carboxylic acids is 3. The summed E-state index contributed by atoms with van der Waals surface area (Å²) in [5.74, 6) is -3.00. The van der Waals surface area contributed by atoms with Gasteiger partial charge in [0.25, 0.3) is 0 Å². The number of benzene rings is 3. The first-order chi connectivity index (χ1) is 21.7. The van der Waals surface area contributed by atoms with Crippen LogP contribution in [0, 0.1) is 5.92 Å². The van der Waals surface area contributed by atoms with E-state index >= 15 is 0 Å². The Labute approximate surface area is 262 Å². The number of aliphatic carboxylic acids is 1. The van der Waals surface area contributed by atoms with Gasteiger partial charge in [0.15, 0.2) is 0 Å². The van der Waals surface area contributed by atoms with Crippen molar-refractivity contribution in [2.45, 2.75) is 63.7 Å². The highest BCUT2D eigenvalue weighted by molar-refractivity contribution is 5.94. The maximum absolute atomic E-state index is 13.8. The minimum Gasteiger partial charge on any atom is -0.480 e. The number of hydrogen-bond acceptors (Lipinski definition) is 5. The number of nitrogens with two attached hydrogens (primary N) is 1. The summed E-state index contributed by atoms with van der Waals surface area (Å²) in [6.45, 7) is 3.80. The second kappa shape index (κ2) is 15.7. The molecule has 0 aliphatic carbocycles. The smallest absolute Gasteiger partial charge is 0.326 e. The fourth-order valence-electron chi connectivity index (χ4n) is 5.16. The summed E-state index contributed by atoms with van der Waals surface area (Å²) in [5.41, 5.74) is 9.35. The van der Waals surface area contributed by atoms with Gasteiger partial charge in [-0.2, -0.15) is 0 Å². The number of carboxylic acid groups (broad SMARTS) is 1. The van der Waals surface area contributed by atoms with Crippen molar-refractivity contribution in [3.63, 3.8) is 0 Å². The summed E-state index contributed by atoms with van der Waals surface area (Å²) < 4.78 is 0. The number of carboxylic acids is 1. The third-order valence-electron chi connectivity index (χ3n) is 8.10. The zero-order chi connectivity index (χ0) is 32.3. The van der Waals surface area contributed by atoms with E-state index in [1.54, 1.807) is 6.20 Å². The number of fused-ring (bicyclic) bond motifs is 1. The van der Waals surface area contributed by atoms with Gasteiger partial charge < -0.3 is 31.8 Å². The molecule has 0 fully saturated rings. The molecule has 3 amide bonds. The van der Waals surface area contributed by atoms with Crippen LogP contribution in [0.25, 0.3) is 10.9 Å². The SMILES string of the molecule is CCC(C)C(N)C(=O)NC(Cc1ccccc1)C(=O)NC(Cc1ccccc1)C(=O)NC(Cc1c[nH]c2ccccc12)C(=O)O. The Hall–Kier alpha value is -4.96. The Morgan fingerprint density at radius 3 is 1.73 bits per heavy atom. The lowest BCUT2D eigenvalue weighted by atomic mass is 9.98. The molecule has 45 heavy (non-hydrogen) atoms. The number of hydrogen-bond donors (Lipinski definition) is 6. The van der Waals surface area contributed by atoms with Gasteiger partial charge >= 0.3 is 5.97 Å². The van der Waals surface area contributed by atoms with Gasteiger partial charge in [0, 0.05) is 36.4 Å². The molecule has 0 aliphatic rings. The quantitative estimate of drug-likeness (QED) is 0.121. The molecule has 10 heteroatoms. The average Bonchev–Trinajstić information content (AvgIpc) is 3.46. The Morgan fingerprint density at radius 1 is 0.711 bits per heavy atom. The molecule has 5 atom stereocenters. The van der Waals surface area contributed by atoms with Crippen LogP contribution < -0.4 is 21.7 Å². The molecule has 0 saturated carbocycles. The molecule has 4 rings (SSSR count). The van der Waals surface area contributed by atoms with Crippen molar-refractivity contribution in [3.05, 3.63) is 108 Å². The molecule has 4 aromatic rings. The van der Waals surface area contributed by atoms with Gasteiger partial charge in [-0.15, -0.1) is 0 Å². The summed E-state index contributed by atoms with van der Waals surface area (Å²) in [7, 11) is 0. The first kappa shape index (κ1) is 32.9. The van der Waals surface area contributed by atoms with E-state index in [0.29, 0.717) is 6.42 Å². The predicted molar refractivity (Wildman–Crippen MR) is 173 cm³/mol. The van der Waals surface area contributed by atoms with E-state index in [1.165, 1.54) is 0 Å². The minimum atomic E-state index is -1.25. The summed E-state index contributed by atoms with van der Waals surface area (Å²) in [6, 6.07) is 21.6. The van der Waals surface area contributed by atoms with Crippen LogP contribution in [0.4, 0.5) is 0 Å². The van der Waals surface area contributed by atoms with Crippen LogP contribution in [0.5, 0.6) is 0 Å². The summed E-state index contributed by atoms with van der Waals surface area (Å²) >= 11 is 0. The molecule has 0 radical (unpaired) electrons. The third kappa shape index (κ3) is 9.02. The van der Waals surface area contributed by atoms with E-state index < -0.39 is 47.9 Å². The fraction of sp³-hybridized carbons (Fsp3) is 0.314. The third-order valence-corrected chi connectivity index (χ3v) is 8.10. The van der Waals surface area contributed by atoms with E-state index in [4.69, 9.17) is 5.73 Å². The number of rotatable bonds is 15. The van der Waals surface area contributed by atoms with Gasteiger partial charge in [-0.05, 0) is 28.7 Å². The number of amides is 3. The number of H-pyrrole nitrogens is 1. The zero-order valence-corrected chi connectivity index (χ0v) is 25.5. The molecule has 1 heterocycles. The van der Waals surface area contributed by atoms with E-state index in [1.807, 2.05) is 98.8 Å². The van der Waals surface area contributed by atoms with E-state index in [2.05, 4.69) is 20.9 Å². The van der Waals surface area contributed by atoms with Crippen molar-refractivity contribution in [2.24, 2.45) is 11.7 Å². The maximum atomic E-state index is 13.8. The van der Waals surface area contributed by atoms with Gasteiger partial charge in [-0.1, -0.05) is 99.1 Å². The van der Waals surface area contributed by atoms with E-state index in [-0.39, 0.29) is 25.2 Å². The Morgan fingerprint density at radius 2 is 1.20 bits per heavy atom. The number of para-hydroxylation sites is 1. The molecule has 236 valence electrons. The fourth-order valence-corrected chi connectivity index (χ4v) is 5.16. The van der Waals surface area contributed by atoms with Gasteiger partial charge in [0.1, 0.15) is 18.1 Å². The second-order valence-electron chi connectivity index (χ2n) is 11.4. The maximum Gasteiger partial charge on any atom is 0.326 e. The van der Waals surface area contributed by atoms with Crippen molar-refractivity contribution in [2.75, 3.05) is 0 Å². The van der Waals surface area contributed by atoms with Crippen molar-refractivity contribution in [1.29, 1.82) is 0 Å². The lowest BCUT2D eigenvalue weighted by molar-refractivity contribution is -0.142. The Balaban J connectivity index is 1.56. The van der Waals surface area contributed by atoms with Crippen LogP contribution in [-0.2, 0) is 38.4 Å². The van der Waals surface area contributed by atoms with Gasteiger partial charge in [-0.3, -0.25) is 14.4 Å². The molecule has 3 aromatic carbocycles.